The Hall–Kier alpha value is -0.160. The molecule has 0 radical (unpaired) electrons. The number of ether oxygens (including phenoxy) is 1. The van der Waals surface area contributed by atoms with Gasteiger partial charge in [-0.3, -0.25) is 0 Å². The van der Waals surface area contributed by atoms with Crippen molar-refractivity contribution in [2.75, 3.05) is 26.9 Å². The molecule has 1 aliphatic carbocycles. The van der Waals surface area contributed by atoms with Gasteiger partial charge in [-0.1, -0.05) is 19.3 Å². The van der Waals surface area contributed by atoms with E-state index in [0.717, 1.165) is 0 Å². The summed E-state index contributed by atoms with van der Waals surface area (Å²) in [6.07, 6.45) is 5.65. The van der Waals surface area contributed by atoms with Crippen LogP contribution in [0.5, 0.6) is 0 Å². The van der Waals surface area contributed by atoms with Gasteiger partial charge in [-0.25, -0.2) is 0 Å². The minimum Gasteiger partial charge on any atom is -0.394 e. The first kappa shape index (κ1) is 14.9. The lowest BCUT2D eigenvalue weighted by molar-refractivity contribution is 0.0401. The smallest absolute Gasteiger partial charge is 0.0897 e. The second-order valence-corrected chi connectivity index (χ2v) is 5.40. The normalized spacial score (nSPS) is 23.3. The van der Waals surface area contributed by atoms with Crippen LogP contribution >= 0.6 is 0 Å². The van der Waals surface area contributed by atoms with E-state index < -0.39 is 6.10 Å². The Morgan fingerprint density at radius 2 is 2.00 bits per heavy atom. The fourth-order valence-electron chi connectivity index (χ4n) is 2.67. The van der Waals surface area contributed by atoms with Gasteiger partial charge in [-0.15, -0.1) is 0 Å². The van der Waals surface area contributed by atoms with Crippen LogP contribution < -0.4 is 5.32 Å². The van der Waals surface area contributed by atoms with Crippen LogP contribution in [0, 0.1) is 5.92 Å². The summed E-state index contributed by atoms with van der Waals surface area (Å²) in [6, 6.07) is 0. The van der Waals surface area contributed by atoms with Gasteiger partial charge in [0.1, 0.15) is 0 Å². The molecular weight excluding hydrogens is 218 g/mol. The van der Waals surface area contributed by atoms with Crippen molar-refractivity contribution < 1.29 is 14.9 Å². The summed E-state index contributed by atoms with van der Waals surface area (Å²) in [5.41, 5.74) is -0.269. The van der Waals surface area contributed by atoms with Gasteiger partial charge in [0.25, 0.3) is 0 Å². The molecule has 0 aliphatic heterocycles. The molecule has 0 unspecified atom stereocenters. The SMILES string of the molecule is COC[C@@H](O)CN[C@@](C)(CO)C1CCCCC1. The largest absolute Gasteiger partial charge is 0.394 e. The van der Waals surface area contributed by atoms with Crippen molar-refractivity contribution in [3.8, 4) is 0 Å². The van der Waals surface area contributed by atoms with E-state index in [0.29, 0.717) is 19.1 Å². The Labute approximate surface area is 104 Å². The maximum atomic E-state index is 9.64. The molecule has 1 saturated carbocycles. The van der Waals surface area contributed by atoms with E-state index in [1.165, 1.54) is 32.1 Å². The van der Waals surface area contributed by atoms with E-state index in [-0.39, 0.29) is 12.1 Å². The van der Waals surface area contributed by atoms with Gasteiger partial charge in [0.05, 0.1) is 19.3 Å². The second-order valence-electron chi connectivity index (χ2n) is 5.40. The molecule has 4 heteroatoms. The summed E-state index contributed by atoms with van der Waals surface area (Å²) in [4.78, 5) is 0. The van der Waals surface area contributed by atoms with Crippen LogP contribution in [0.15, 0.2) is 0 Å². The number of aliphatic hydroxyl groups excluding tert-OH is 2. The van der Waals surface area contributed by atoms with E-state index in [2.05, 4.69) is 12.2 Å². The van der Waals surface area contributed by atoms with Crippen LogP contribution in [0.25, 0.3) is 0 Å². The van der Waals surface area contributed by atoms with Crippen molar-refractivity contribution in [3.63, 3.8) is 0 Å². The monoisotopic (exact) mass is 245 g/mol. The van der Waals surface area contributed by atoms with E-state index in [9.17, 15) is 10.2 Å². The van der Waals surface area contributed by atoms with Gasteiger partial charge < -0.3 is 20.3 Å². The van der Waals surface area contributed by atoms with Gasteiger partial charge in [-0.2, -0.15) is 0 Å². The highest BCUT2D eigenvalue weighted by Gasteiger charge is 2.34. The second kappa shape index (κ2) is 7.31. The molecule has 0 amide bonds. The van der Waals surface area contributed by atoms with Gasteiger partial charge in [-0.05, 0) is 25.7 Å². The maximum absolute atomic E-state index is 9.64. The van der Waals surface area contributed by atoms with Crippen molar-refractivity contribution in [2.24, 2.45) is 5.92 Å². The highest BCUT2D eigenvalue weighted by Crippen LogP contribution is 2.32. The number of aliphatic hydroxyl groups is 2. The fourth-order valence-corrected chi connectivity index (χ4v) is 2.67. The van der Waals surface area contributed by atoms with Gasteiger partial charge >= 0.3 is 0 Å². The molecule has 2 atom stereocenters. The molecule has 0 aromatic rings. The molecule has 1 fully saturated rings. The minimum atomic E-state index is -0.505. The van der Waals surface area contributed by atoms with Crippen molar-refractivity contribution >= 4 is 0 Å². The molecule has 102 valence electrons. The molecular formula is C13H27NO3. The summed E-state index contributed by atoms with van der Waals surface area (Å²) in [6.45, 7) is 2.99. The molecule has 0 heterocycles. The van der Waals surface area contributed by atoms with E-state index in [1.807, 2.05) is 0 Å². The van der Waals surface area contributed by atoms with Crippen molar-refractivity contribution in [1.82, 2.24) is 5.32 Å². The van der Waals surface area contributed by atoms with Gasteiger partial charge in [0.2, 0.25) is 0 Å². The molecule has 17 heavy (non-hydrogen) atoms. The zero-order valence-corrected chi connectivity index (χ0v) is 11.1. The zero-order valence-electron chi connectivity index (χ0n) is 11.1. The number of nitrogens with one attached hydrogen (secondary N) is 1. The number of hydrogen-bond donors (Lipinski definition) is 3. The number of rotatable bonds is 7. The highest BCUT2D eigenvalue weighted by atomic mass is 16.5. The number of β-amino-alcohol motifs (C(OH)–C–C–N with tert-alkyl or cyclic N) is 1. The number of methoxy groups -OCH3 is 1. The first-order valence-corrected chi connectivity index (χ1v) is 6.65. The molecule has 1 aliphatic rings. The zero-order chi connectivity index (χ0) is 12.7. The van der Waals surface area contributed by atoms with Crippen molar-refractivity contribution in [1.29, 1.82) is 0 Å². The summed E-state index contributed by atoms with van der Waals surface area (Å²) < 4.78 is 4.90. The quantitative estimate of drug-likeness (QED) is 0.624. The molecule has 0 bridgehead atoms. The molecule has 3 N–H and O–H groups in total. The van der Waals surface area contributed by atoms with E-state index in [4.69, 9.17) is 4.74 Å². The highest BCUT2D eigenvalue weighted by molar-refractivity contribution is 4.91. The average Bonchev–Trinajstić information content (AvgIpc) is 2.37. The molecule has 4 nitrogen and oxygen atoms in total. The van der Waals surface area contributed by atoms with Crippen molar-refractivity contribution in [3.05, 3.63) is 0 Å². The Bertz CT molecular complexity index is 207. The minimum absolute atomic E-state index is 0.122. The van der Waals surface area contributed by atoms with Crippen LogP contribution in [0.3, 0.4) is 0 Å². The molecule has 0 aromatic heterocycles. The first-order valence-electron chi connectivity index (χ1n) is 6.65. The summed E-state index contributed by atoms with van der Waals surface area (Å²) in [5.74, 6) is 0.510. The fraction of sp³-hybridized carbons (Fsp3) is 1.00. The van der Waals surface area contributed by atoms with Gasteiger partial charge in [0, 0.05) is 19.2 Å². The Kier molecular flexibility index (Phi) is 6.41. The standard InChI is InChI=1S/C13H27NO3/c1-13(10-15,11-6-4-3-5-7-11)14-8-12(16)9-17-2/h11-12,14-16H,3-10H2,1-2H3/t12-,13-/m0/s1. The third kappa shape index (κ3) is 4.54. The Morgan fingerprint density at radius 3 is 2.53 bits per heavy atom. The summed E-state index contributed by atoms with van der Waals surface area (Å²) in [7, 11) is 1.58. The van der Waals surface area contributed by atoms with Crippen LogP contribution in [0.1, 0.15) is 39.0 Å². The topological polar surface area (TPSA) is 61.7 Å². The van der Waals surface area contributed by atoms with E-state index in [1.54, 1.807) is 7.11 Å². The third-order valence-corrected chi connectivity index (χ3v) is 3.94. The molecule has 0 spiro atoms. The Balaban J connectivity index is 2.43. The first-order chi connectivity index (χ1) is 8.12. The lowest BCUT2D eigenvalue weighted by Gasteiger charge is -2.40. The molecule has 0 saturated heterocycles. The van der Waals surface area contributed by atoms with E-state index >= 15 is 0 Å². The lowest BCUT2D eigenvalue weighted by atomic mass is 9.76. The average molecular weight is 245 g/mol. The molecule has 1 rings (SSSR count). The van der Waals surface area contributed by atoms with Gasteiger partial charge in [0.15, 0.2) is 0 Å². The predicted octanol–water partition coefficient (Wildman–Crippen LogP) is 0.915. The Morgan fingerprint density at radius 1 is 1.35 bits per heavy atom. The van der Waals surface area contributed by atoms with Crippen LogP contribution in [0.4, 0.5) is 0 Å². The predicted molar refractivity (Wildman–Crippen MR) is 68.0 cm³/mol. The summed E-state index contributed by atoms with van der Waals surface area (Å²) in [5, 5.41) is 22.6. The third-order valence-electron chi connectivity index (χ3n) is 3.94. The van der Waals surface area contributed by atoms with Crippen LogP contribution in [-0.4, -0.2) is 48.7 Å². The van der Waals surface area contributed by atoms with Crippen LogP contribution in [0.2, 0.25) is 0 Å². The number of hydrogen-bond acceptors (Lipinski definition) is 4. The summed E-state index contributed by atoms with van der Waals surface area (Å²) >= 11 is 0. The van der Waals surface area contributed by atoms with Crippen LogP contribution in [-0.2, 0) is 4.74 Å². The maximum Gasteiger partial charge on any atom is 0.0897 e. The van der Waals surface area contributed by atoms with Crippen molar-refractivity contribution in [2.45, 2.75) is 50.7 Å². The molecule has 0 aromatic carbocycles. The lowest BCUT2D eigenvalue weighted by Crippen LogP contribution is -2.54.